The fraction of sp³-hybridized carbons (Fsp3) is 0.125. The van der Waals surface area contributed by atoms with Crippen LogP contribution in [0, 0.1) is 5.82 Å². The molecule has 1 aliphatic rings. The zero-order chi connectivity index (χ0) is 15.7. The third-order valence-corrected chi connectivity index (χ3v) is 3.44. The Morgan fingerprint density at radius 2 is 2.05 bits per heavy atom. The Balaban J connectivity index is 1.97. The number of nitrogens with zero attached hydrogens (tertiary/aromatic N) is 1. The Labute approximate surface area is 125 Å². The number of aromatic carboxylic acids is 1. The second-order valence-electron chi connectivity index (χ2n) is 4.85. The van der Waals surface area contributed by atoms with Gasteiger partial charge in [-0.05, 0) is 24.3 Å². The van der Waals surface area contributed by atoms with E-state index in [1.807, 2.05) is 0 Å². The summed E-state index contributed by atoms with van der Waals surface area (Å²) in [5.74, 6) is -1.48. The minimum Gasteiger partial charge on any atom is -0.482 e. The van der Waals surface area contributed by atoms with Gasteiger partial charge in [0.05, 0.1) is 17.8 Å². The van der Waals surface area contributed by atoms with Crippen LogP contribution in [0.1, 0.15) is 15.9 Å². The van der Waals surface area contributed by atoms with Gasteiger partial charge in [-0.3, -0.25) is 4.79 Å². The number of carboxylic acid groups (broad SMARTS) is 1. The quantitative estimate of drug-likeness (QED) is 0.945. The number of hydrogen-bond acceptors (Lipinski definition) is 3. The summed E-state index contributed by atoms with van der Waals surface area (Å²) in [5.41, 5.74) is 0.884. The molecule has 0 fully saturated rings. The number of carboxylic acids is 1. The van der Waals surface area contributed by atoms with E-state index >= 15 is 0 Å². The molecule has 0 saturated heterocycles. The average molecular weight is 301 g/mol. The van der Waals surface area contributed by atoms with E-state index in [1.165, 1.54) is 29.2 Å². The Bertz CT molecular complexity index is 760. The maximum absolute atomic E-state index is 13.8. The summed E-state index contributed by atoms with van der Waals surface area (Å²) >= 11 is 0. The summed E-state index contributed by atoms with van der Waals surface area (Å²) in [4.78, 5) is 24.4. The van der Waals surface area contributed by atoms with Gasteiger partial charge in [0.15, 0.2) is 6.61 Å². The van der Waals surface area contributed by atoms with E-state index in [9.17, 15) is 14.0 Å². The van der Waals surface area contributed by atoms with E-state index in [0.717, 1.165) is 0 Å². The van der Waals surface area contributed by atoms with Gasteiger partial charge in [-0.1, -0.05) is 18.2 Å². The number of carbonyl (C=O) groups is 2. The van der Waals surface area contributed by atoms with Crippen LogP contribution in [0.15, 0.2) is 42.5 Å². The summed E-state index contributed by atoms with van der Waals surface area (Å²) in [7, 11) is 0. The number of ether oxygens (including phenoxy) is 1. The molecule has 1 amide bonds. The van der Waals surface area contributed by atoms with Gasteiger partial charge >= 0.3 is 5.97 Å². The maximum atomic E-state index is 13.8. The molecular formula is C16H12FNO4. The number of halogens is 1. The second-order valence-corrected chi connectivity index (χ2v) is 4.85. The zero-order valence-corrected chi connectivity index (χ0v) is 11.5. The number of carbonyl (C=O) groups excluding carboxylic acids is 1. The van der Waals surface area contributed by atoms with Crippen molar-refractivity contribution in [1.82, 2.24) is 0 Å². The zero-order valence-electron chi connectivity index (χ0n) is 11.5. The number of benzene rings is 2. The van der Waals surface area contributed by atoms with Gasteiger partial charge in [0.2, 0.25) is 0 Å². The molecule has 0 aromatic heterocycles. The minimum atomic E-state index is -1.08. The molecule has 1 aliphatic heterocycles. The number of rotatable bonds is 3. The first-order valence-electron chi connectivity index (χ1n) is 6.60. The highest BCUT2D eigenvalue weighted by Gasteiger charge is 2.27. The lowest BCUT2D eigenvalue weighted by atomic mass is 10.1. The van der Waals surface area contributed by atoms with Crippen molar-refractivity contribution in [1.29, 1.82) is 0 Å². The van der Waals surface area contributed by atoms with Crippen LogP contribution in [-0.4, -0.2) is 23.6 Å². The van der Waals surface area contributed by atoms with E-state index in [4.69, 9.17) is 9.84 Å². The van der Waals surface area contributed by atoms with Gasteiger partial charge in [-0.25, -0.2) is 9.18 Å². The molecule has 0 atom stereocenters. The predicted molar refractivity (Wildman–Crippen MR) is 76.5 cm³/mol. The topological polar surface area (TPSA) is 66.8 Å². The molecule has 0 aliphatic carbocycles. The first kappa shape index (κ1) is 14.1. The van der Waals surface area contributed by atoms with E-state index in [1.54, 1.807) is 18.2 Å². The van der Waals surface area contributed by atoms with E-state index in [2.05, 4.69) is 0 Å². The van der Waals surface area contributed by atoms with Gasteiger partial charge in [0.1, 0.15) is 11.6 Å². The van der Waals surface area contributed by atoms with Crippen LogP contribution in [0.25, 0.3) is 0 Å². The molecule has 0 bridgehead atoms. The molecule has 22 heavy (non-hydrogen) atoms. The van der Waals surface area contributed by atoms with Crippen molar-refractivity contribution in [3.8, 4) is 5.75 Å². The SMILES string of the molecule is O=C(O)c1ccc2c(c1)OCC(=O)N2Cc1ccccc1F. The second kappa shape index (κ2) is 5.48. The summed E-state index contributed by atoms with van der Waals surface area (Å²) in [6, 6.07) is 10.4. The van der Waals surface area contributed by atoms with Crippen LogP contribution >= 0.6 is 0 Å². The van der Waals surface area contributed by atoms with Crippen LogP contribution in [0.2, 0.25) is 0 Å². The van der Waals surface area contributed by atoms with Crippen LogP contribution in [-0.2, 0) is 11.3 Å². The highest BCUT2D eigenvalue weighted by molar-refractivity contribution is 5.99. The van der Waals surface area contributed by atoms with Crippen molar-refractivity contribution < 1.29 is 23.8 Å². The lowest BCUT2D eigenvalue weighted by Crippen LogP contribution is -2.38. The molecule has 2 aromatic carbocycles. The van der Waals surface area contributed by atoms with Crippen LogP contribution in [0.5, 0.6) is 5.75 Å². The Kier molecular flexibility index (Phi) is 3.50. The first-order chi connectivity index (χ1) is 10.6. The van der Waals surface area contributed by atoms with Crippen molar-refractivity contribution in [3.05, 3.63) is 59.4 Å². The van der Waals surface area contributed by atoms with Gasteiger partial charge in [0, 0.05) is 5.56 Å². The Morgan fingerprint density at radius 3 is 2.77 bits per heavy atom. The normalized spacial score (nSPS) is 13.5. The summed E-state index contributed by atoms with van der Waals surface area (Å²) in [5, 5.41) is 8.99. The lowest BCUT2D eigenvalue weighted by molar-refractivity contribution is -0.121. The first-order valence-corrected chi connectivity index (χ1v) is 6.60. The summed E-state index contributed by atoms with van der Waals surface area (Å²) in [6.07, 6.45) is 0. The molecule has 1 heterocycles. The molecule has 0 spiro atoms. The number of hydrogen-bond donors (Lipinski definition) is 1. The van der Waals surface area contributed by atoms with Crippen molar-refractivity contribution in [2.75, 3.05) is 11.5 Å². The Hall–Kier alpha value is -2.89. The smallest absolute Gasteiger partial charge is 0.335 e. The molecule has 0 unspecified atom stereocenters. The van der Waals surface area contributed by atoms with Gasteiger partial charge in [-0.15, -0.1) is 0 Å². The van der Waals surface area contributed by atoms with Crippen molar-refractivity contribution in [3.63, 3.8) is 0 Å². The Morgan fingerprint density at radius 1 is 1.27 bits per heavy atom. The molecule has 2 aromatic rings. The molecule has 0 radical (unpaired) electrons. The third kappa shape index (κ3) is 2.50. The van der Waals surface area contributed by atoms with Crippen molar-refractivity contribution >= 4 is 17.6 Å². The number of amides is 1. The molecular weight excluding hydrogens is 289 g/mol. The molecule has 0 saturated carbocycles. The van der Waals surface area contributed by atoms with Crippen LogP contribution < -0.4 is 9.64 Å². The fourth-order valence-electron chi connectivity index (χ4n) is 2.31. The highest BCUT2D eigenvalue weighted by atomic mass is 19.1. The van der Waals surface area contributed by atoms with E-state index < -0.39 is 11.8 Å². The third-order valence-electron chi connectivity index (χ3n) is 3.44. The van der Waals surface area contributed by atoms with Gasteiger partial charge in [-0.2, -0.15) is 0 Å². The summed E-state index contributed by atoms with van der Waals surface area (Å²) < 4.78 is 19.0. The molecule has 6 heteroatoms. The van der Waals surface area contributed by atoms with Crippen LogP contribution in [0.4, 0.5) is 10.1 Å². The van der Waals surface area contributed by atoms with Crippen molar-refractivity contribution in [2.45, 2.75) is 6.54 Å². The van der Waals surface area contributed by atoms with E-state index in [-0.39, 0.29) is 24.6 Å². The maximum Gasteiger partial charge on any atom is 0.335 e. The van der Waals surface area contributed by atoms with Gasteiger partial charge in [0.25, 0.3) is 5.91 Å². The molecule has 1 N–H and O–H groups in total. The molecule has 3 rings (SSSR count). The minimum absolute atomic E-state index is 0.0638. The van der Waals surface area contributed by atoms with Gasteiger partial charge < -0.3 is 14.7 Å². The molecule has 5 nitrogen and oxygen atoms in total. The lowest BCUT2D eigenvalue weighted by Gasteiger charge is -2.29. The largest absolute Gasteiger partial charge is 0.482 e. The highest BCUT2D eigenvalue weighted by Crippen LogP contribution is 2.34. The number of anilines is 1. The van der Waals surface area contributed by atoms with E-state index in [0.29, 0.717) is 17.0 Å². The summed E-state index contributed by atoms with van der Waals surface area (Å²) in [6.45, 7) is -0.140. The van der Waals surface area contributed by atoms with Crippen molar-refractivity contribution in [2.24, 2.45) is 0 Å². The monoisotopic (exact) mass is 301 g/mol. The van der Waals surface area contributed by atoms with Crippen LogP contribution in [0.3, 0.4) is 0 Å². The average Bonchev–Trinajstić information content (AvgIpc) is 2.51. The standard InChI is InChI=1S/C16H12FNO4/c17-12-4-2-1-3-11(12)8-18-13-6-5-10(16(20)21)7-14(13)22-9-15(18)19/h1-7H,8-9H2,(H,20,21). The number of fused-ring (bicyclic) bond motifs is 1. The fourth-order valence-corrected chi connectivity index (χ4v) is 2.31. The predicted octanol–water partition coefficient (Wildman–Crippen LogP) is 2.45. The molecule has 112 valence electrons.